The van der Waals surface area contributed by atoms with Gasteiger partial charge in [-0.15, -0.1) is 0 Å². The molecule has 1 saturated heterocycles. The monoisotopic (exact) mass is 412 g/mol. The number of carbonyl (C=O) groups is 2. The van der Waals surface area contributed by atoms with E-state index < -0.39 is 23.7 Å². The van der Waals surface area contributed by atoms with Crippen LogP contribution in [0.25, 0.3) is 0 Å². The first-order valence-electron chi connectivity index (χ1n) is 7.26. The summed E-state index contributed by atoms with van der Waals surface area (Å²) in [7, 11) is 0. The van der Waals surface area contributed by atoms with E-state index in [4.69, 9.17) is 0 Å². The summed E-state index contributed by atoms with van der Waals surface area (Å²) in [5.74, 6) is -1.34. The molecule has 1 fully saturated rings. The highest BCUT2D eigenvalue weighted by atomic mass is 79.9. The smallest absolute Gasteiger partial charge is 0.312 e. The van der Waals surface area contributed by atoms with Gasteiger partial charge in [-0.25, -0.2) is 4.79 Å². The first kappa shape index (κ1) is 17.5. The third kappa shape index (κ3) is 2.90. The number of halogens is 4. The molecule has 1 aliphatic heterocycles. The van der Waals surface area contributed by atoms with Crippen molar-refractivity contribution in [2.45, 2.75) is 18.3 Å². The SMILES string of the molecule is O=C1N[C@@](c2ccccc2)(C(F)(F)F)C(=O)N1Cc1cccc(Br)c1. The molecule has 1 atom stereocenters. The largest absolute Gasteiger partial charge is 0.425 e. The molecule has 0 radical (unpaired) electrons. The molecule has 2 aromatic rings. The quantitative estimate of drug-likeness (QED) is 0.775. The van der Waals surface area contributed by atoms with Crippen molar-refractivity contribution in [3.05, 3.63) is 70.2 Å². The van der Waals surface area contributed by atoms with E-state index in [-0.39, 0.29) is 12.1 Å². The first-order valence-corrected chi connectivity index (χ1v) is 8.06. The third-order valence-corrected chi connectivity index (χ3v) is 4.46. The Balaban J connectivity index is 2.03. The molecule has 2 aromatic carbocycles. The number of carbonyl (C=O) groups excluding carboxylic acids is 2. The van der Waals surface area contributed by atoms with Crippen molar-refractivity contribution >= 4 is 27.9 Å². The summed E-state index contributed by atoms with van der Waals surface area (Å²) in [6.45, 7) is -0.255. The average Bonchev–Trinajstić information content (AvgIpc) is 2.81. The van der Waals surface area contributed by atoms with E-state index in [1.54, 1.807) is 24.3 Å². The van der Waals surface area contributed by atoms with E-state index in [9.17, 15) is 22.8 Å². The molecule has 4 nitrogen and oxygen atoms in total. The highest BCUT2D eigenvalue weighted by Crippen LogP contribution is 2.43. The molecule has 0 unspecified atom stereocenters. The summed E-state index contributed by atoms with van der Waals surface area (Å²) in [4.78, 5) is 25.5. The lowest BCUT2D eigenvalue weighted by Gasteiger charge is -2.29. The van der Waals surface area contributed by atoms with Crippen LogP contribution in [0.5, 0.6) is 0 Å². The fraction of sp³-hybridized carbons (Fsp3) is 0.176. The van der Waals surface area contributed by atoms with Gasteiger partial charge in [-0.3, -0.25) is 9.69 Å². The minimum absolute atomic E-state index is 0.255. The molecule has 25 heavy (non-hydrogen) atoms. The number of amides is 3. The summed E-state index contributed by atoms with van der Waals surface area (Å²) in [6.07, 6.45) is -4.98. The number of nitrogens with zero attached hydrogens (tertiary/aromatic N) is 1. The van der Waals surface area contributed by atoms with Gasteiger partial charge < -0.3 is 5.32 Å². The third-order valence-electron chi connectivity index (χ3n) is 3.97. The maximum atomic E-state index is 13.8. The van der Waals surface area contributed by atoms with Crippen molar-refractivity contribution in [3.63, 3.8) is 0 Å². The zero-order valence-corrected chi connectivity index (χ0v) is 14.3. The first-order chi connectivity index (χ1) is 11.8. The van der Waals surface area contributed by atoms with Crippen molar-refractivity contribution in [2.24, 2.45) is 0 Å². The van der Waals surface area contributed by atoms with Gasteiger partial charge in [0.1, 0.15) is 0 Å². The van der Waals surface area contributed by atoms with Crippen LogP contribution in [0.15, 0.2) is 59.1 Å². The summed E-state index contributed by atoms with van der Waals surface area (Å²) in [5, 5.41) is 1.86. The van der Waals surface area contributed by atoms with Gasteiger partial charge in [-0.2, -0.15) is 13.2 Å². The molecule has 1 heterocycles. The lowest BCUT2D eigenvalue weighted by molar-refractivity contribution is -0.198. The second kappa shape index (κ2) is 6.18. The lowest BCUT2D eigenvalue weighted by Crippen LogP contribution is -2.55. The van der Waals surface area contributed by atoms with Gasteiger partial charge in [0.05, 0.1) is 6.54 Å². The van der Waals surface area contributed by atoms with Crippen LogP contribution in [-0.4, -0.2) is 23.0 Å². The van der Waals surface area contributed by atoms with Crippen LogP contribution in [0.2, 0.25) is 0 Å². The topological polar surface area (TPSA) is 49.4 Å². The summed E-state index contributed by atoms with van der Waals surface area (Å²) < 4.78 is 42.2. The number of hydrogen-bond acceptors (Lipinski definition) is 2. The Morgan fingerprint density at radius 1 is 1.04 bits per heavy atom. The van der Waals surface area contributed by atoms with Gasteiger partial charge in [0.25, 0.3) is 5.91 Å². The van der Waals surface area contributed by atoms with Crippen molar-refractivity contribution < 1.29 is 22.8 Å². The Morgan fingerprint density at radius 3 is 2.32 bits per heavy atom. The highest BCUT2D eigenvalue weighted by molar-refractivity contribution is 9.10. The van der Waals surface area contributed by atoms with E-state index in [0.29, 0.717) is 14.9 Å². The molecule has 1 N–H and O–H groups in total. The fourth-order valence-corrected chi connectivity index (χ4v) is 3.22. The molecule has 0 saturated carbocycles. The number of hydrogen-bond donors (Lipinski definition) is 1. The van der Waals surface area contributed by atoms with E-state index in [0.717, 1.165) is 0 Å². The average molecular weight is 413 g/mol. The van der Waals surface area contributed by atoms with Gasteiger partial charge >= 0.3 is 12.2 Å². The predicted octanol–water partition coefficient (Wildman–Crippen LogP) is 3.96. The van der Waals surface area contributed by atoms with Crippen LogP contribution >= 0.6 is 15.9 Å². The van der Waals surface area contributed by atoms with Gasteiger partial charge in [0, 0.05) is 4.47 Å². The number of urea groups is 1. The minimum atomic E-state index is -4.98. The molecule has 3 rings (SSSR count). The summed E-state index contributed by atoms with van der Waals surface area (Å²) in [5.41, 5.74) is -2.86. The van der Waals surface area contributed by atoms with Crippen molar-refractivity contribution in [1.29, 1.82) is 0 Å². The molecule has 0 aromatic heterocycles. The van der Waals surface area contributed by atoms with Gasteiger partial charge in [0.2, 0.25) is 5.54 Å². The van der Waals surface area contributed by atoms with Crippen LogP contribution in [0, 0.1) is 0 Å². The predicted molar refractivity (Wildman–Crippen MR) is 87.4 cm³/mol. The number of alkyl halides is 3. The number of rotatable bonds is 3. The van der Waals surface area contributed by atoms with Gasteiger partial charge in [-0.05, 0) is 23.3 Å². The molecule has 130 valence electrons. The van der Waals surface area contributed by atoms with Gasteiger partial charge in [-0.1, -0.05) is 58.4 Å². The molecule has 8 heteroatoms. The van der Waals surface area contributed by atoms with Crippen molar-refractivity contribution in [2.75, 3.05) is 0 Å². The Hall–Kier alpha value is -2.35. The normalized spacial score (nSPS) is 20.7. The molecule has 0 spiro atoms. The van der Waals surface area contributed by atoms with Crippen molar-refractivity contribution in [3.8, 4) is 0 Å². The second-order valence-corrected chi connectivity index (χ2v) is 6.48. The summed E-state index contributed by atoms with van der Waals surface area (Å²) in [6, 6.07) is 12.3. The fourth-order valence-electron chi connectivity index (χ4n) is 2.78. The molecule has 3 amide bonds. The van der Waals surface area contributed by atoms with Gasteiger partial charge in [0.15, 0.2) is 0 Å². The maximum Gasteiger partial charge on any atom is 0.425 e. The highest BCUT2D eigenvalue weighted by Gasteiger charge is 2.68. The lowest BCUT2D eigenvalue weighted by atomic mass is 9.89. The van der Waals surface area contributed by atoms with E-state index in [1.165, 1.54) is 30.3 Å². The van der Waals surface area contributed by atoms with E-state index >= 15 is 0 Å². The Morgan fingerprint density at radius 2 is 1.72 bits per heavy atom. The van der Waals surface area contributed by atoms with E-state index in [2.05, 4.69) is 15.9 Å². The molecular formula is C17H12BrF3N2O2. The Bertz CT molecular complexity index is 826. The number of benzene rings is 2. The number of nitrogens with one attached hydrogen (secondary N) is 1. The zero-order valence-electron chi connectivity index (χ0n) is 12.7. The molecule has 0 bridgehead atoms. The second-order valence-electron chi connectivity index (χ2n) is 5.57. The standard InChI is InChI=1S/C17H12BrF3N2O2/c18-13-8-4-5-11(9-13)10-23-14(24)16(17(19,20)21,22-15(23)25)12-6-2-1-3-7-12/h1-9H,10H2,(H,22,25)/t16-/m1/s1. The maximum absolute atomic E-state index is 13.8. The van der Waals surface area contributed by atoms with Crippen LogP contribution in [-0.2, 0) is 16.9 Å². The minimum Gasteiger partial charge on any atom is -0.312 e. The van der Waals surface area contributed by atoms with Crippen LogP contribution in [0.4, 0.5) is 18.0 Å². The van der Waals surface area contributed by atoms with Crippen LogP contribution < -0.4 is 5.32 Å². The number of imide groups is 1. The van der Waals surface area contributed by atoms with Crippen molar-refractivity contribution in [1.82, 2.24) is 10.2 Å². The Kier molecular flexibility index (Phi) is 4.32. The van der Waals surface area contributed by atoms with Crippen LogP contribution in [0.3, 0.4) is 0 Å². The molecule has 0 aliphatic carbocycles. The molecule has 1 aliphatic rings. The summed E-state index contributed by atoms with van der Waals surface area (Å²) >= 11 is 3.25. The zero-order chi connectivity index (χ0) is 18.2. The van der Waals surface area contributed by atoms with E-state index in [1.807, 2.05) is 5.32 Å². The Labute approximate surface area is 149 Å². The molecular weight excluding hydrogens is 401 g/mol. The van der Waals surface area contributed by atoms with Crippen LogP contribution in [0.1, 0.15) is 11.1 Å².